The van der Waals surface area contributed by atoms with Crippen LogP contribution in [-0.4, -0.2) is 36.8 Å². The molecule has 6 rings (SSSR count). The molecule has 1 amide bonds. The number of hydrogen-bond donors (Lipinski definition) is 4. The van der Waals surface area contributed by atoms with Gasteiger partial charge < -0.3 is 25.5 Å². The van der Waals surface area contributed by atoms with Crippen LogP contribution in [0.2, 0.25) is 0 Å². The molecule has 0 atom stereocenters. The average Bonchev–Trinajstić information content (AvgIpc) is 3.36. The summed E-state index contributed by atoms with van der Waals surface area (Å²) in [6, 6.07) is 25.0. The number of aryl methyl sites for hydroxylation is 1. The SMILES string of the molecule is Cc1ccc(S(=O)(=O)Oc2cc(Cn3c(C(=O)NC4CCC(N)CC4)cc4ccc(C(=N)N)cc43)c3ccccc3c2)cc1. The van der Waals surface area contributed by atoms with E-state index in [0.717, 1.165) is 58.5 Å². The second-order valence-corrected chi connectivity index (χ2v) is 13.1. The first-order valence-electron chi connectivity index (χ1n) is 14.6. The third-order valence-electron chi connectivity index (χ3n) is 8.32. The van der Waals surface area contributed by atoms with E-state index in [9.17, 15) is 13.2 Å². The summed E-state index contributed by atoms with van der Waals surface area (Å²) < 4.78 is 33.9. The third-order valence-corrected chi connectivity index (χ3v) is 9.58. The highest BCUT2D eigenvalue weighted by Crippen LogP contribution is 2.31. The second kappa shape index (κ2) is 11.8. The molecule has 1 aromatic heterocycles. The van der Waals surface area contributed by atoms with Crippen LogP contribution in [0.3, 0.4) is 0 Å². The van der Waals surface area contributed by atoms with E-state index in [1.807, 2.05) is 47.9 Å². The van der Waals surface area contributed by atoms with Gasteiger partial charge in [0.2, 0.25) is 0 Å². The van der Waals surface area contributed by atoms with Crippen molar-refractivity contribution >= 4 is 43.5 Å². The number of amides is 1. The largest absolute Gasteiger partial charge is 0.384 e. The fourth-order valence-electron chi connectivity index (χ4n) is 5.89. The third kappa shape index (κ3) is 6.04. The summed E-state index contributed by atoms with van der Waals surface area (Å²) in [7, 11) is -4.09. The van der Waals surface area contributed by atoms with Crippen LogP contribution in [0.5, 0.6) is 5.75 Å². The number of benzene rings is 4. The quantitative estimate of drug-likeness (QED) is 0.108. The minimum absolute atomic E-state index is 0.0334. The summed E-state index contributed by atoms with van der Waals surface area (Å²) >= 11 is 0. The zero-order valence-electron chi connectivity index (χ0n) is 24.4. The molecule has 1 fully saturated rings. The molecule has 4 aromatic carbocycles. The molecule has 0 aliphatic heterocycles. The van der Waals surface area contributed by atoms with E-state index in [1.54, 1.807) is 36.4 Å². The summed E-state index contributed by atoms with van der Waals surface area (Å²) in [6.45, 7) is 2.13. The monoisotopic (exact) mass is 609 g/mol. The highest BCUT2D eigenvalue weighted by Gasteiger charge is 2.24. The van der Waals surface area contributed by atoms with Gasteiger partial charge in [-0.2, -0.15) is 8.42 Å². The molecule has 9 nitrogen and oxygen atoms in total. The van der Waals surface area contributed by atoms with Gasteiger partial charge in [-0.1, -0.05) is 54.1 Å². The number of amidine groups is 1. The Morgan fingerprint density at radius 3 is 2.41 bits per heavy atom. The Bertz CT molecular complexity index is 1990. The highest BCUT2D eigenvalue weighted by atomic mass is 32.2. The number of nitrogens with one attached hydrogen (secondary N) is 2. The first kappa shape index (κ1) is 29.4. The fraction of sp³-hybridized carbons (Fsp3) is 0.235. The van der Waals surface area contributed by atoms with Crippen LogP contribution >= 0.6 is 0 Å². The molecule has 0 saturated heterocycles. The smallest absolute Gasteiger partial charge is 0.339 e. The molecule has 6 N–H and O–H groups in total. The summed E-state index contributed by atoms with van der Waals surface area (Å²) in [6.07, 6.45) is 3.36. The number of nitrogens with zero attached hydrogens (tertiary/aromatic N) is 1. The molecule has 10 heteroatoms. The number of fused-ring (bicyclic) bond motifs is 2. The number of rotatable bonds is 8. The number of hydrogen-bond acceptors (Lipinski definition) is 6. The Kier molecular flexibility index (Phi) is 7.87. The van der Waals surface area contributed by atoms with Crippen molar-refractivity contribution in [1.29, 1.82) is 5.41 Å². The van der Waals surface area contributed by atoms with Crippen molar-refractivity contribution in [3.8, 4) is 5.75 Å². The number of carbonyl (C=O) groups is 1. The minimum Gasteiger partial charge on any atom is -0.384 e. The van der Waals surface area contributed by atoms with Crippen molar-refractivity contribution in [3.05, 3.63) is 107 Å². The Balaban J connectivity index is 1.42. The zero-order chi connectivity index (χ0) is 31.0. The molecule has 0 bridgehead atoms. The topological polar surface area (TPSA) is 153 Å². The lowest BCUT2D eigenvalue weighted by molar-refractivity contribution is 0.0917. The maximum absolute atomic E-state index is 13.8. The molecule has 1 aliphatic rings. The summed E-state index contributed by atoms with van der Waals surface area (Å²) in [4.78, 5) is 13.8. The van der Waals surface area contributed by atoms with Gasteiger partial charge in [0.25, 0.3) is 5.91 Å². The van der Waals surface area contributed by atoms with E-state index in [0.29, 0.717) is 11.3 Å². The molecule has 1 aliphatic carbocycles. The number of nitrogen functional groups attached to an aromatic ring is 1. The van der Waals surface area contributed by atoms with Crippen molar-refractivity contribution in [1.82, 2.24) is 9.88 Å². The first-order chi connectivity index (χ1) is 21.1. The number of nitrogens with two attached hydrogens (primary N) is 2. The van der Waals surface area contributed by atoms with Crippen LogP contribution in [0, 0.1) is 12.3 Å². The van der Waals surface area contributed by atoms with Gasteiger partial charge in [-0.3, -0.25) is 10.2 Å². The maximum atomic E-state index is 13.8. The van der Waals surface area contributed by atoms with E-state index in [1.165, 1.54) is 12.1 Å². The Labute approximate surface area is 256 Å². The van der Waals surface area contributed by atoms with Gasteiger partial charge >= 0.3 is 10.1 Å². The molecule has 226 valence electrons. The van der Waals surface area contributed by atoms with Gasteiger partial charge in [-0.25, -0.2) is 0 Å². The maximum Gasteiger partial charge on any atom is 0.339 e. The van der Waals surface area contributed by atoms with Gasteiger partial charge in [0.15, 0.2) is 0 Å². The molecular formula is C34H35N5O4S. The number of carbonyl (C=O) groups excluding carboxylic acids is 1. The van der Waals surface area contributed by atoms with E-state index in [-0.39, 0.29) is 41.0 Å². The van der Waals surface area contributed by atoms with E-state index in [2.05, 4.69) is 5.32 Å². The van der Waals surface area contributed by atoms with Gasteiger partial charge in [0, 0.05) is 35.1 Å². The van der Waals surface area contributed by atoms with Crippen LogP contribution in [0.15, 0.2) is 89.8 Å². The lowest BCUT2D eigenvalue weighted by Gasteiger charge is -2.27. The van der Waals surface area contributed by atoms with Crippen molar-refractivity contribution in [2.45, 2.75) is 56.1 Å². The highest BCUT2D eigenvalue weighted by molar-refractivity contribution is 7.87. The lowest BCUT2D eigenvalue weighted by Crippen LogP contribution is -2.41. The molecule has 0 unspecified atom stereocenters. The van der Waals surface area contributed by atoms with Crippen LogP contribution < -0.4 is 21.0 Å². The summed E-state index contributed by atoms with van der Waals surface area (Å²) in [5, 5.41) is 13.7. The fourth-order valence-corrected chi connectivity index (χ4v) is 6.81. The lowest BCUT2D eigenvalue weighted by atomic mass is 9.92. The first-order valence-corrected chi connectivity index (χ1v) is 16.1. The minimum atomic E-state index is -4.09. The van der Waals surface area contributed by atoms with Crippen molar-refractivity contribution in [2.75, 3.05) is 0 Å². The van der Waals surface area contributed by atoms with Crippen LogP contribution in [-0.2, 0) is 16.7 Å². The molecule has 1 saturated carbocycles. The van der Waals surface area contributed by atoms with Crippen LogP contribution in [0.4, 0.5) is 0 Å². The van der Waals surface area contributed by atoms with E-state index in [4.69, 9.17) is 21.1 Å². The van der Waals surface area contributed by atoms with Crippen molar-refractivity contribution in [2.24, 2.45) is 11.5 Å². The van der Waals surface area contributed by atoms with Gasteiger partial charge in [-0.15, -0.1) is 0 Å². The Hall–Kier alpha value is -4.67. The van der Waals surface area contributed by atoms with E-state index < -0.39 is 10.1 Å². The Morgan fingerprint density at radius 2 is 1.68 bits per heavy atom. The van der Waals surface area contributed by atoms with Crippen LogP contribution in [0.1, 0.15) is 52.9 Å². The van der Waals surface area contributed by atoms with Crippen LogP contribution in [0.25, 0.3) is 21.7 Å². The van der Waals surface area contributed by atoms with Crippen molar-refractivity contribution in [3.63, 3.8) is 0 Å². The molecular weight excluding hydrogens is 574 g/mol. The second-order valence-electron chi connectivity index (χ2n) is 11.5. The summed E-state index contributed by atoms with van der Waals surface area (Å²) in [5.74, 6) is -0.110. The summed E-state index contributed by atoms with van der Waals surface area (Å²) in [5.41, 5.74) is 15.3. The van der Waals surface area contributed by atoms with Gasteiger partial charge in [0.1, 0.15) is 22.2 Å². The number of aromatic nitrogens is 1. The molecule has 44 heavy (non-hydrogen) atoms. The molecule has 5 aromatic rings. The Morgan fingerprint density at radius 1 is 0.955 bits per heavy atom. The predicted octanol–water partition coefficient (Wildman–Crippen LogP) is 5.20. The normalized spacial score (nSPS) is 17.0. The van der Waals surface area contributed by atoms with Gasteiger partial charge in [0.05, 0.1) is 0 Å². The van der Waals surface area contributed by atoms with E-state index >= 15 is 0 Å². The zero-order valence-corrected chi connectivity index (χ0v) is 25.2. The van der Waals surface area contributed by atoms with Crippen molar-refractivity contribution < 1.29 is 17.4 Å². The molecule has 0 spiro atoms. The average molecular weight is 610 g/mol. The molecule has 0 radical (unpaired) electrons. The molecule has 1 heterocycles. The standard InChI is InChI=1S/C34H35N5O4S/c1-21-6-14-29(15-7-21)44(41,42)43-28-16-22-4-2-3-5-30(22)25(17-28)20-39-31-19-24(33(36)37)9-8-23(31)18-32(39)34(40)38-27-12-10-26(35)11-13-27/h2-9,14-19,26-27H,10-13,20,35H2,1H3,(H3,36,37)(H,38,40). The predicted molar refractivity (Wildman–Crippen MR) is 173 cm³/mol. The van der Waals surface area contributed by atoms with Gasteiger partial charge in [-0.05, 0) is 85.3 Å².